The lowest BCUT2D eigenvalue weighted by atomic mass is 10.0. The summed E-state index contributed by atoms with van der Waals surface area (Å²) in [5.74, 6) is 0. The van der Waals surface area contributed by atoms with E-state index >= 15 is 0 Å². The number of nitrogens with two attached hydrogens (primary N) is 2. The third-order valence-corrected chi connectivity index (χ3v) is 2.37. The van der Waals surface area contributed by atoms with Crippen LogP contribution in [0, 0.1) is 0 Å². The van der Waals surface area contributed by atoms with Crippen LogP contribution in [-0.4, -0.2) is 0 Å². The molecule has 0 aliphatic rings. The summed E-state index contributed by atoms with van der Waals surface area (Å²) in [6, 6.07) is 15.9. The van der Waals surface area contributed by atoms with Crippen LogP contribution in [0.5, 0.6) is 0 Å². The fraction of sp³-hybridized carbons (Fsp3) is 0.0769. The van der Waals surface area contributed by atoms with E-state index in [9.17, 15) is 0 Å². The predicted octanol–water partition coefficient (Wildman–Crippen LogP) is 2.60. The Hall–Kier alpha value is -2.00. The molecule has 3 heteroatoms. The molecule has 16 heavy (non-hydrogen) atoms. The van der Waals surface area contributed by atoms with Crippen LogP contribution in [0.3, 0.4) is 0 Å². The first kappa shape index (κ1) is 12.1. The third-order valence-electron chi connectivity index (χ3n) is 2.37. The Labute approximate surface area is 95.7 Å². The van der Waals surface area contributed by atoms with Crippen molar-refractivity contribution in [2.75, 3.05) is 11.5 Å². The van der Waals surface area contributed by atoms with Gasteiger partial charge in [0.2, 0.25) is 0 Å². The minimum absolute atomic E-state index is 0. The van der Waals surface area contributed by atoms with E-state index in [0.29, 0.717) is 0 Å². The molecule has 0 saturated heterocycles. The Balaban J connectivity index is 0.00000128. The van der Waals surface area contributed by atoms with Crippen molar-refractivity contribution in [3.8, 4) is 0 Å². The Kier molecular flexibility index (Phi) is 3.91. The minimum Gasteiger partial charge on any atom is -0.399 e. The first-order chi connectivity index (χ1) is 7.24. The number of anilines is 2. The van der Waals surface area contributed by atoms with E-state index in [2.05, 4.69) is 0 Å². The van der Waals surface area contributed by atoms with Crippen molar-refractivity contribution >= 4 is 11.4 Å². The molecule has 84 valence electrons. The summed E-state index contributed by atoms with van der Waals surface area (Å²) >= 11 is 0. The zero-order valence-corrected chi connectivity index (χ0v) is 9.19. The average molecular weight is 215 g/mol. The maximum Gasteiger partial charge on any atom is 0.0314 e. The summed E-state index contributed by atoms with van der Waals surface area (Å²) < 4.78 is 0. The van der Waals surface area contributed by atoms with Gasteiger partial charge in [-0.2, -0.15) is 0 Å². The van der Waals surface area contributed by atoms with Crippen molar-refractivity contribution in [1.29, 1.82) is 0 Å². The second-order valence-electron chi connectivity index (χ2n) is 3.66. The Morgan fingerprint density at radius 1 is 0.625 bits per heavy atom. The summed E-state index contributed by atoms with van der Waals surface area (Å²) in [7, 11) is 0. The maximum absolute atomic E-state index is 5.62. The zero-order chi connectivity index (χ0) is 10.7. The van der Waals surface area contributed by atoms with E-state index in [1.165, 1.54) is 11.1 Å². The quantitative estimate of drug-likeness (QED) is 0.673. The van der Waals surface area contributed by atoms with Crippen LogP contribution in [0.15, 0.2) is 48.5 Å². The first-order valence-electron chi connectivity index (χ1n) is 4.93. The summed E-state index contributed by atoms with van der Waals surface area (Å²) in [4.78, 5) is 0. The number of rotatable bonds is 2. The lowest BCUT2D eigenvalue weighted by Crippen LogP contribution is -1.90. The summed E-state index contributed by atoms with van der Waals surface area (Å²) in [6.07, 6.45) is 0.917. The van der Waals surface area contributed by atoms with Gasteiger partial charge in [0.15, 0.2) is 0 Å². The van der Waals surface area contributed by atoms with Crippen LogP contribution < -0.4 is 17.6 Å². The van der Waals surface area contributed by atoms with Crippen LogP contribution in [-0.2, 0) is 6.42 Å². The van der Waals surface area contributed by atoms with Gasteiger partial charge in [-0.1, -0.05) is 24.3 Å². The highest BCUT2D eigenvalue weighted by Crippen LogP contribution is 2.13. The van der Waals surface area contributed by atoms with Crippen molar-refractivity contribution in [3.63, 3.8) is 0 Å². The first-order valence-corrected chi connectivity index (χ1v) is 4.93. The highest BCUT2D eigenvalue weighted by molar-refractivity contribution is 5.43. The van der Waals surface area contributed by atoms with Gasteiger partial charge in [0.05, 0.1) is 0 Å². The summed E-state index contributed by atoms with van der Waals surface area (Å²) in [5.41, 5.74) is 15.4. The largest absolute Gasteiger partial charge is 0.399 e. The van der Waals surface area contributed by atoms with Gasteiger partial charge in [-0.3, -0.25) is 0 Å². The number of hydrogen-bond acceptors (Lipinski definition) is 3. The molecule has 0 aromatic heterocycles. The fourth-order valence-corrected chi connectivity index (χ4v) is 1.51. The van der Waals surface area contributed by atoms with Crippen LogP contribution in [0.2, 0.25) is 0 Å². The third kappa shape index (κ3) is 3.00. The molecule has 0 amide bonds. The van der Waals surface area contributed by atoms with Gasteiger partial charge in [0, 0.05) is 11.4 Å². The number of hydrogen-bond donors (Lipinski definition) is 3. The minimum atomic E-state index is 0. The van der Waals surface area contributed by atoms with Gasteiger partial charge in [-0.25, -0.2) is 0 Å². The second kappa shape index (κ2) is 5.19. The molecule has 3 nitrogen and oxygen atoms in total. The molecular formula is C13H17N3. The van der Waals surface area contributed by atoms with E-state index in [1.807, 2.05) is 48.5 Å². The molecular weight excluding hydrogens is 198 g/mol. The van der Waals surface area contributed by atoms with E-state index in [0.717, 1.165) is 17.8 Å². The molecule has 2 aromatic rings. The summed E-state index contributed by atoms with van der Waals surface area (Å²) in [5, 5.41) is 0. The zero-order valence-electron chi connectivity index (χ0n) is 9.19. The molecule has 0 heterocycles. The molecule has 0 atom stereocenters. The molecule has 0 aliphatic heterocycles. The summed E-state index contributed by atoms with van der Waals surface area (Å²) in [6.45, 7) is 0. The van der Waals surface area contributed by atoms with E-state index in [1.54, 1.807) is 0 Å². The van der Waals surface area contributed by atoms with Gasteiger partial charge < -0.3 is 17.6 Å². The maximum atomic E-state index is 5.62. The molecule has 2 aromatic carbocycles. The molecule has 0 radical (unpaired) electrons. The molecule has 0 fully saturated rings. The van der Waals surface area contributed by atoms with Crippen LogP contribution in [0.25, 0.3) is 0 Å². The van der Waals surface area contributed by atoms with Crippen molar-refractivity contribution < 1.29 is 0 Å². The van der Waals surface area contributed by atoms with Crippen LogP contribution >= 0.6 is 0 Å². The Morgan fingerprint density at radius 2 is 0.938 bits per heavy atom. The van der Waals surface area contributed by atoms with Crippen molar-refractivity contribution in [3.05, 3.63) is 59.7 Å². The highest BCUT2D eigenvalue weighted by atomic mass is 14.5. The molecule has 0 spiro atoms. The standard InChI is InChI=1S/C13H14N2.H3N/c14-12-5-1-10(2-6-12)9-11-3-7-13(15)8-4-11;/h1-8H,9,14-15H2;1H3. The molecule has 7 N–H and O–H groups in total. The highest BCUT2D eigenvalue weighted by Gasteiger charge is 1.95. The van der Waals surface area contributed by atoms with E-state index in [-0.39, 0.29) is 6.15 Å². The lowest BCUT2D eigenvalue weighted by Gasteiger charge is -2.02. The molecule has 0 bridgehead atoms. The van der Waals surface area contributed by atoms with Gasteiger partial charge in [-0.15, -0.1) is 0 Å². The van der Waals surface area contributed by atoms with E-state index < -0.39 is 0 Å². The smallest absolute Gasteiger partial charge is 0.0314 e. The van der Waals surface area contributed by atoms with Crippen molar-refractivity contribution in [2.45, 2.75) is 6.42 Å². The van der Waals surface area contributed by atoms with Crippen LogP contribution in [0.4, 0.5) is 11.4 Å². The Morgan fingerprint density at radius 3 is 1.25 bits per heavy atom. The van der Waals surface area contributed by atoms with Gasteiger partial charge in [0.25, 0.3) is 0 Å². The topological polar surface area (TPSA) is 87.0 Å². The molecule has 0 aliphatic carbocycles. The molecule has 0 unspecified atom stereocenters. The average Bonchev–Trinajstić information content (AvgIpc) is 2.25. The number of nitrogen functional groups attached to an aromatic ring is 2. The fourth-order valence-electron chi connectivity index (χ4n) is 1.51. The van der Waals surface area contributed by atoms with Crippen molar-refractivity contribution in [1.82, 2.24) is 6.15 Å². The molecule has 2 rings (SSSR count). The predicted molar refractivity (Wildman–Crippen MR) is 69.5 cm³/mol. The van der Waals surface area contributed by atoms with E-state index in [4.69, 9.17) is 11.5 Å². The van der Waals surface area contributed by atoms with Gasteiger partial charge in [0.1, 0.15) is 0 Å². The SMILES string of the molecule is N.Nc1ccc(Cc2ccc(N)cc2)cc1. The van der Waals surface area contributed by atoms with Crippen molar-refractivity contribution in [2.24, 2.45) is 0 Å². The monoisotopic (exact) mass is 215 g/mol. The van der Waals surface area contributed by atoms with Gasteiger partial charge >= 0.3 is 0 Å². The molecule has 0 saturated carbocycles. The Bertz CT molecular complexity index is 388. The lowest BCUT2D eigenvalue weighted by molar-refractivity contribution is 1.19. The number of benzene rings is 2. The second-order valence-corrected chi connectivity index (χ2v) is 3.66. The normalized spacial score (nSPS) is 9.50. The van der Waals surface area contributed by atoms with Crippen LogP contribution in [0.1, 0.15) is 11.1 Å². The van der Waals surface area contributed by atoms with Gasteiger partial charge in [-0.05, 0) is 41.8 Å².